The minimum absolute atomic E-state index is 0.0491. The number of nitrogens with one attached hydrogen (secondary N) is 1. The third kappa shape index (κ3) is 3.18. The maximum absolute atomic E-state index is 10.8. The van der Waals surface area contributed by atoms with E-state index in [-0.39, 0.29) is 11.7 Å². The summed E-state index contributed by atoms with van der Waals surface area (Å²) in [5, 5.41) is 13.9. The van der Waals surface area contributed by atoms with Gasteiger partial charge >= 0.3 is 0 Å². The second-order valence-corrected chi connectivity index (χ2v) is 4.32. The van der Waals surface area contributed by atoms with Crippen LogP contribution < -0.4 is 11.1 Å². The van der Waals surface area contributed by atoms with Gasteiger partial charge in [-0.15, -0.1) is 0 Å². The van der Waals surface area contributed by atoms with E-state index in [0.717, 1.165) is 10.9 Å². The molecular formula is C10H14BrN3O2. The SMILES string of the molecule is CCC(CN)Nc1cc(Br)ccc1[N+](=O)[O-]. The number of halogens is 1. The number of benzene rings is 1. The molecule has 1 unspecified atom stereocenters. The summed E-state index contributed by atoms with van der Waals surface area (Å²) in [5.74, 6) is 0. The summed E-state index contributed by atoms with van der Waals surface area (Å²) >= 11 is 3.29. The van der Waals surface area contributed by atoms with Crippen LogP contribution in [0.4, 0.5) is 11.4 Å². The molecular weight excluding hydrogens is 274 g/mol. The molecule has 0 aliphatic heterocycles. The molecule has 0 aromatic heterocycles. The van der Waals surface area contributed by atoms with Crippen LogP contribution in [0.15, 0.2) is 22.7 Å². The molecule has 0 aliphatic carbocycles. The van der Waals surface area contributed by atoms with E-state index >= 15 is 0 Å². The van der Waals surface area contributed by atoms with E-state index in [1.165, 1.54) is 6.07 Å². The van der Waals surface area contributed by atoms with Crippen LogP contribution in [0, 0.1) is 10.1 Å². The Kier molecular flexibility index (Phi) is 4.70. The van der Waals surface area contributed by atoms with E-state index in [2.05, 4.69) is 21.2 Å². The molecule has 16 heavy (non-hydrogen) atoms. The van der Waals surface area contributed by atoms with Gasteiger partial charge in [-0.3, -0.25) is 10.1 Å². The van der Waals surface area contributed by atoms with Gasteiger partial charge in [-0.25, -0.2) is 0 Å². The standard InChI is InChI=1S/C10H14BrN3O2/c1-2-8(6-12)13-9-5-7(11)3-4-10(9)14(15)16/h3-5,8,13H,2,6,12H2,1H3. The first kappa shape index (κ1) is 12.9. The molecule has 1 rings (SSSR count). The van der Waals surface area contributed by atoms with Gasteiger partial charge in [0.2, 0.25) is 0 Å². The lowest BCUT2D eigenvalue weighted by Gasteiger charge is -2.16. The van der Waals surface area contributed by atoms with Crippen molar-refractivity contribution in [2.75, 3.05) is 11.9 Å². The molecule has 5 nitrogen and oxygen atoms in total. The summed E-state index contributed by atoms with van der Waals surface area (Å²) in [5.41, 5.74) is 6.11. The first-order valence-electron chi connectivity index (χ1n) is 4.99. The van der Waals surface area contributed by atoms with Gasteiger partial charge in [-0.05, 0) is 18.6 Å². The van der Waals surface area contributed by atoms with E-state index in [0.29, 0.717) is 12.2 Å². The van der Waals surface area contributed by atoms with Crippen molar-refractivity contribution in [3.05, 3.63) is 32.8 Å². The van der Waals surface area contributed by atoms with Crippen LogP contribution in [0.5, 0.6) is 0 Å². The van der Waals surface area contributed by atoms with Crippen LogP contribution in [0.1, 0.15) is 13.3 Å². The number of hydrogen-bond acceptors (Lipinski definition) is 4. The minimum Gasteiger partial charge on any atom is -0.375 e. The van der Waals surface area contributed by atoms with Crippen LogP contribution in [0.25, 0.3) is 0 Å². The summed E-state index contributed by atoms with van der Waals surface area (Å²) < 4.78 is 0.799. The highest BCUT2D eigenvalue weighted by molar-refractivity contribution is 9.10. The monoisotopic (exact) mass is 287 g/mol. The topological polar surface area (TPSA) is 81.2 Å². The highest BCUT2D eigenvalue weighted by Gasteiger charge is 2.15. The number of nitro benzene ring substituents is 1. The molecule has 88 valence electrons. The van der Waals surface area contributed by atoms with E-state index < -0.39 is 4.92 Å². The highest BCUT2D eigenvalue weighted by atomic mass is 79.9. The summed E-state index contributed by atoms with van der Waals surface area (Å²) in [6.07, 6.45) is 0.820. The van der Waals surface area contributed by atoms with Gasteiger partial charge in [0, 0.05) is 23.1 Å². The normalized spacial score (nSPS) is 12.2. The third-order valence-corrected chi connectivity index (χ3v) is 2.79. The molecule has 0 saturated heterocycles. The number of rotatable bonds is 5. The first-order chi connectivity index (χ1) is 7.58. The first-order valence-corrected chi connectivity index (χ1v) is 5.78. The smallest absolute Gasteiger partial charge is 0.292 e. The lowest BCUT2D eigenvalue weighted by molar-refractivity contribution is -0.384. The van der Waals surface area contributed by atoms with Gasteiger partial charge in [0.25, 0.3) is 5.69 Å². The Morgan fingerprint density at radius 1 is 1.62 bits per heavy atom. The molecule has 0 spiro atoms. The molecule has 6 heteroatoms. The predicted molar refractivity (Wildman–Crippen MR) is 67.6 cm³/mol. The second kappa shape index (κ2) is 5.81. The van der Waals surface area contributed by atoms with Crippen LogP contribution in [-0.4, -0.2) is 17.5 Å². The Morgan fingerprint density at radius 3 is 2.81 bits per heavy atom. The van der Waals surface area contributed by atoms with Gasteiger partial charge in [0.15, 0.2) is 0 Å². The molecule has 0 bridgehead atoms. The molecule has 1 aromatic rings. The van der Waals surface area contributed by atoms with Crippen molar-refractivity contribution in [3.8, 4) is 0 Å². The van der Waals surface area contributed by atoms with Gasteiger partial charge < -0.3 is 11.1 Å². The van der Waals surface area contributed by atoms with E-state index in [1.807, 2.05) is 6.92 Å². The number of nitro groups is 1. The summed E-state index contributed by atoms with van der Waals surface area (Å²) in [7, 11) is 0. The largest absolute Gasteiger partial charge is 0.375 e. The Balaban J connectivity index is 3.00. The summed E-state index contributed by atoms with van der Waals surface area (Å²) in [6.45, 7) is 2.43. The van der Waals surface area contributed by atoms with Crippen LogP contribution in [0.2, 0.25) is 0 Å². The molecule has 0 heterocycles. The number of hydrogen-bond donors (Lipinski definition) is 2. The van der Waals surface area contributed by atoms with Crippen molar-refractivity contribution >= 4 is 27.3 Å². The van der Waals surface area contributed by atoms with Crippen molar-refractivity contribution in [1.82, 2.24) is 0 Å². The van der Waals surface area contributed by atoms with Crippen molar-refractivity contribution in [1.29, 1.82) is 0 Å². The Bertz CT molecular complexity index is 380. The van der Waals surface area contributed by atoms with Crippen molar-refractivity contribution < 1.29 is 4.92 Å². The van der Waals surface area contributed by atoms with E-state index in [4.69, 9.17) is 5.73 Å². The number of nitrogens with two attached hydrogens (primary N) is 1. The maximum Gasteiger partial charge on any atom is 0.292 e. The minimum atomic E-state index is -0.405. The van der Waals surface area contributed by atoms with Gasteiger partial charge in [-0.2, -0.15) is 0 Å². The Labute approximate surface area is 102 Å². The van der Waals surface area contributed by atoms with E-state index in [9.17, 15) is 10.1 Å². The Morgan fingerprint density at radius 2 is 2.31 bits per heavy atom. The lowest BCUT2D eigenvalue weighted by Crippen LogP contribution is -2.28. The van der Waals surface area contributed by atoms with Crippen molar-refractivity contribution in [3.63, 3.8) is 0 Å². The molecule has 1 atom stereocenters. The second-order valence-electron chi connectivity index (χ2n) is 3.40. The summed E-state index contributed by atoms with van der Waals surface area (Å²) in [6, 6.07) is 4.85. The predicted octanol–water partition coefficient (Wildman–Crippen LogP) is 2.51. The fraction of sp³-hybridized carbons (Fsp3) is 0.400. The number of nitrogens with zero attached hydrogens (tertiary/aromatic N) is 1. The molecule has 0 aliphatic rings. The molecule has 1 aromatic carbocycles. The van der Waals surface area contributed by atoms with Crippen molar-refractivity contribution in [2.24, 2.45) is 5.73 Å². The van der Waals surface area contributed by atoms with Gasteiger partial charge in [0.05, 0.1) is 4.92 Å². The van der Waals surface area contributed by atoms with Crippen LogP contribution >= 0.6 is 15.9 Å². The Hall–Kier alpha value is -1.14. The molecule has 0 amide bonds. The fourth-order valence-electron chi connectivity index (χ4n) is 1.33. The van der Waals surface area contributed by atoms with Gasteiger partial charge in [0.1, 0.15) is 5.69 Å². The average molecular weight is 288 g/mol. The van der Waals surface area contributed by atoms with Crippen molar-refractivity contribution in [2.45, 2.75) is 19.4 Å². The average Bonchev–Trinajstić information content (AvgIpc) is 2.25. The van der Waals surface area contributed by atoms with Crippen LogP contribution in [0.3, 0.4) is 0 Å². The zero-order valence-corrected chi connectivity index (χ0v) is 10.5. The molecule has 0 fully saturated rings. The quantitative estimate of drug-likeness (QED) is 0.644. The highest BCUT2D eigenvalue weighted by Crippen LogP contribution is 2.28. The fourth-order valence-corrected chi connectivity index (χ4v) is 1.69. The van der Waals surface area contributed by atoms with Gasteiger partial charge in [-0.1, -0.05) is 22.9 Å². The number of anilines is 1. The summed E-state index contributed by atoms with van der Waals surface area (Å²) in [4.78, 5) is 10.4. The zero-order chi connectivity index (χ0) is 12.1. The van der Waals surface area contributed by atoms with Crippen LogP contribution in [-0.2, 0) is 0 Å². The van der Waals surface area contributed by atoms with E-state index in [1.54, 1.807) is 12.1 Å². The third-order valence-electron chi connectivity index (χ3n) is 2.29. The molecule has 3 N–H and O–H groups in total. The molecule has 0 radical (unpaired) electrons. The molecule has 0 saturated carbocycles. The lowest BCUT2D eigenvalue weighted by atomic mass is 10.2. The maximum atomic E-state index is 10.8. The zero-order valence-electron chi connectivity index (χ0n) is 8.94.